The van der Waals surface area contributed by atoms with Crippen LogP contribution < -0.4 is 4.74 Å². The van der Waals surface area contributed by atoms with Gasteiger partial charge in [0.1, 0.15) is 0 Å². The second-order valence-electron chi connectivity index (χ2n) is 2.78. The van der Waals surface area contributed by atoms with Crippen LogP contribution in [0.1, 0.15) is 38.6 Å². The van der Waals surface area contributed by atoms with Crippen molar-refractivity contribution in [2.45, 2.75) is 41.0 Å². The fraction of sp³-hybridized carbons (Fsp3) is 0.636. The second kappa shape index (κ2) is 7.30. The first-order valence-electron chi connectivity index (χ1n) is 5.17. The molecular formula is C11H20N2O. The molecule has 1 heterocycles. The number of rotatable bonds is 3. The van der Waals surface area contributed by atoms with E-state index in [0.717, 1.165) is 17.8 Å². The van der Waals surface area contributed by atoms with E-state index < -0.39 is 0 Å². The van der Waals surface area contributed by atoms with Gasteiger partial charge in [0.2, 0.25) is 0 Å². The fourth-order valence-corrected chi connectivity index (χ4v) is 0.951. The van der Waals surface area contributed by atoms with E-state index in [1.165, 1.54) is 0 Å². The molecule has 3 heteroatoms. The van der Waals surface area contributed by atoms with Crippen LogP contribution in [0.3, 0.4) is 0 Å². The van der Waals surface area contributed by atoms with Crippen molar-refractivity contribution in [3.63, 3.8) is 0 Å². The summed E-state index contributed by atoms with van der Waals surface area (Å²) in [6.45, 7) is 10.6. The third kappa shape index (κ3) is 4.80. The number of hydrogen-bond acceptors (Lipinski definition) is 3. The van der Waals surface area contributed by atoms with E-state index >= 15 is 0 Å². The summed E-state index contributed by atoms with van der Waals surface area (Å²) in [4.78, 5) is 8.28. The van der Waals surface area contributed by atoms with Crippen LogP contribution in [0.5, 0.6) is 6.01 Å². The summed E-state index contributed by atoms with van der Waals surface area (Å²) in [6.07, 6.45) is 0.982. The first-order chi connectivity index (χ1) is 6.72. The molecule has 0 saturated carbocycles. The molecule has 80 valence electrons. The van der Waals surface area contributed by atoms with Crippen LogP contribution in [0.4, 0.5) is 0 Å². The molecule has 0 aliphatic heterocycles. The van der Waals surface area contributed by atoms with Crippen molar-refractivity contribution in [1.29, 1.82) is 0 Å². The number of aryl methyl sites for hydroxylation is 2. The van der Waals surface area contributed by atoms with Gasteiger partial charge in [0, 0.05) is 11.4 Å². The Morgan fingerprint density at radius 2 is 1.64 bits per heavy atom. The van der Waals surface area contributed by atoms with Crippen molar-refractivity contribution in [3.05, 3.63) is 17.5 Å². The van der Waals surface area contributed by atoms with Crippen LogP contribution in [-0.4, -0.2) is 16.6 Å². The first kappa shape index (κ1) is 12.9. The summed E-state index contributed by atoms with van der Waals surface area (Å²) < 4.78 is 5.29. The fourth-order valence-electron chi connectivity index (χ4n) is 0.951. The molecule has 0 aliphatic rings. The highest BCUT2D eigenvalue weighted by molar-refractivity contribution is 5.10. The van der Waals surface area contributed by atoms with Crippen LogP contribution in [0.25, 0.3) is 0 Å². The predicted octanol–water partition coefficient (Wildman–Crippen LogP) is 2.91. The molecule has 0 atom stereocenters. The van der Waals surface area contributed by atoms with Gasteiger partial charge in [0.05, 0.1) is 6.61 Å². The van der Waals surface area contributed by atoms with Gasteiger partial charge in [-0.25, -0.2) is 9.97 Å². The van der Waals surface area contributed by atoms with Crippen LogP contribution in [0, 0.1) is 13.8 Å². The lowest BCUT2D eigenvalue weighted by molar-refractivity contribution is 0.291. The Kier molecular flexibility index (Phi) is 6.72. The number of nitrogens with zero attached hydrogens (tertiary/aromatic N) is 2. The van der Waals surface area contributed by atoms with Crippen molar-refractivity contribution in [3.8, 4) is 6.01 Å². The Labute approximate surface area is 86.5 Å². The molecule has 0 spiro atoms. The summed E-state index contributed by atoms with van der Waals surface area (Å²) in [5.74, 6) is 0. The summed E-state index contributed by atoms with van der Waals surface area (Å²) in [5, 5.41) is 0. The highest BCUT2D eigenvalue weighted by Gasteiger charge is 1.98. The maximum absolute atomic E-state index is 5.29. The molecule has 0 amide bonds. The Morgan fingerprint density at radius 1 is 1.14 bits per heavy atom. The largest absolute Gasteiger partial charge is 0.463 e. The maximum Gasteiger partial charge on any atom is 0.316 e. The smallest absolute Gasteiger partial charge is 0.316 e. The van der Waals surface area contributed by atoms with Crippen molar-refractivity contribution >= 4 is 0 Å². The molecular weight excluding hydrogens is 176 g/mol. The SMILES string of the molecule is CC.CCCOc1nc(C)cc(C)n1. The van der Waals surface area contributed by atoms with Crippen molar-refractivity contribution in [2.75, 3.05) is 6.61 Å². The van der Waals surface area contributed by atoms with Crippen molar-refractivity contribution in [1.82, 2.24) is 9.97 Å². The quantitative estimate of drug-likeness (QED) is 0.745. The predicted molar refractivity (Wildman–Crippen MR) is 58.6 cm³/mol. The molecule has 0 saturated heterocycles. The number of ether oxygens (including phenoxy) is 1. The van der Waals surface area contributed by atoms with Crippen molar-refractivity contribution in [2.24, 2.45) is 0 Å². The Hall–Kier alpha value is -1.12. The molecule has 1 aromatic heterocycles. The van der Waals surface area contributed by atoms with E-state index in [2.05, 4.69) is 16.9 Å². The van der Waals surface area contributed by atoms with Gasteiger partial charge < -0.3 is 4.74 Å². The second-order valence-corrected chi connectivity index (χ2v) is 2.78. The van der Waals surface area contributed by atoms with Crippen LogP contribution in [-0.2, 0) is 0 Å². The summed E-state index contributed by atoms with van der Waals surface area (Å²) in [5.41, 5.74) is 1.90. The molecule has 14 heavy (non-hydrogen) atoms. The zero-order valence-corrected chi connectivity index (χ0v) is 9.79. The van der Waals surface area contributed by atoms with E-state index in [1.807, 2.05) is 33.8 Å². The minimum Gasteiger partial charge on any atom is -0.463 e. The minimum atomic E-state index is 0.495. The summed E-state index contributed by atoms with van der Waals surface area (Å²) in [7, 11) is 0. The Morgan fingerprint density at radius 3 is 2.07 bits per heavy atom. The van der Waals surface area contributed by atoms with Crippen LogP contribution >= 0.6 is 0 Å². The van der Waals surface area contributed by atoms with E-state index in [0.29, 0.717) is 12.6 Å². The molecule has 0 aliphatic carbocycles. The van der Waals surface area contributed by atoms with E-state index in [1.54, 1.807) is 0 Å². The lowest BCUT2D eigenvalue weighted by Crippen LogP contribution is -2.01. The molecule has 0 N–H and O–H groups in total. The highest BCUT2D eigenvalue weighted by atomic mass is 16.5. The van der Waals surface area contributed by atoms with Gasteiger partial charge in [-0.2, -0.15) is 0 Å². The number of aromatic nitrogens is 2. The van der Waals surface area contributed by atoms with Gasteiger partial charge in [-0.1, -0.05) is 20.8 Å². The third-order valence-corrected chi connectivity index (χ3v) is 1.40. The van der Waals surface area contributed by atoms with Gasteiger partial charge >= 0.3 is 6.01 Å². The van der Waals surface area contributed by atoms with Gasteiger partial charge in [-0.05, 0) is 26.3 Å². The molecule has 1 aromatic rings. The van der Waals surface area contributed by atoms with Gasteiger partial charge in [0.15, 0.2) is 0 Å². The average molecular weight is 196 g/mol. The Bertz CT molecular complexity index is 241. The molecule has 0 radical (unpaired) electrons. The van der Waals surface area contributed by atoms with Gasteiger partial charge in [-0.15, -0.1) is 0 Å². The summed E-state index contributed by atoms with van der Waals surface area (Å²) in [6, 6.07) is 2.42. The van der Waals surface area contributed by atoms with E-state index in [-0.39, 0.29) is 0 Å². The van der Waals surface area contributed by atoms with Gasteiger partial charge in [0.25, 0.3) is 0 Å². The monoisotopic (exact) mass is 196 g/mol. The molecule has 3 nitrogen and oxygen atoms in total. The average Bonchev–Trinajstić information content (AvgIpc) is 2.16. The molecule has 0 fully saturated rings. The van der Waals surface area contributed by atoms with Crippen molar-refractivity contribution < 1.29 is 4.74 Å². The van der Waals surface area contributed by atoms with Crippen LogP contribution in [0.2, 0.25) is 0 Å². The lowest BCUT2D eigenvalue weighted by atomic mass is 10.4. The zero-order chi connectivity index (χ0) is 11.0. The standard InChI is InChI=1S/C9H14N2O.C2H6/c1-4-5-12-9-10-7(2)6-8(3)11-9;1-2/h6H,4-5H2,1-3H3;1-2H3. The minimum absolute atomic E-state index is 0.495. The molecule has 0 aromatic carbocycles. The Balaban J connectivity index is 0.000000791. The van der Waals surface area contributed by atoms with Crippen LogP contribution in [0.15, 0.2) is 6.07 Å². The van der Waals surface area contributed by atoms with E-state index in [4.69, 9.17) is 4.74 Å². The molecule has 1 rings (SSSR count). The zero-order valence-electron chi connectivity index (χ0n) is 9.79. The first-order valence-corrected chi connectivity index (χ1v) is 5.17. The third-order valence-electron chi connectivity index (χ3n) is 1.40. The molecule has 0 bridgehead atoms. The maximum atomic E-state index is 5.29. The molecule has 0 unspecified atom stereocenters. The topological polar surface area (TPSA) is 35.0 Å². The number of hydrogen-bond donors (Lipinski definition) is 0. The van der Waals surface area contributed by atoms with Gasteiger partial charge in [-0.3, -0.25) is 0 Å². The highest BCUT2D eigenvalue weighted by Crippen LogP contribution is 2.05. The normalized spacial score (nSPS) is 8.93. The van der Waals surface area contributed by atoms with E-state index in [9.17, 15) is 0 Å². The lowest BCUT2D eigenvalue weighted by Gasteiger charge is -2.03. The summed E-state index contributed by atoms with van der Waals surface area (Å²) >= 11 is 0.